The molecule has 3 aromatic rings. The third kappa shape index (κ3) is 3.92. The Balaban J connectivity index is 1.45. The van der Waals surface area contributed by atoms with Gasteiger partial charge in [0.15, 0.2) is 6.61 Å². The maximum Gasteiger partial charge on any atom is 0.306 e. The summed E-state index contributed by atoms with van der Waals surface area (Å²) in [6, 6.07) is 5.22. The molecule has 8 heteroatoms. The Morgan fingerprint density at radius 2 is 2.26 bits per heavy atom. The Kier molecular flexibility index (Phi) is 4.62. The van der Waals surface area contributed by atoms with Crippen LogP contribution in [0.5, 0.6) is 0 Å². The van der Waals surface area contributed by atoms with E-state index >= 15 is 0 Å². The summed E-state index contributed by atoms with van der Waals surface area (Å²) in [6.07, 6.45) is 1.98. The maximum atomic E-state index is 11.7. The summed E-state index contributed by atoms with van der Waals surface area (Å²) in [5.74, 6) is 0.0939. The number of carbonyl (C=O) groups excluding carboxylic acids is 2. The highest BCUT2D eigenvalue weighted by atomic mass is 32.1. The number of aromatic nitrogens is 3. The van der Waals surface area contributed by atoms with Gasteiger partial charge in [0.1, 0.15) is 0 Å². The molecule has 0 amide bonds. The first-order valence-corrected chi connectivity index (χ1v) is 7.84. The van der Waals surface area contributed by atoms with Gasteiger partial charge in [-0.3, -0.25) is 9.59 Å². The van der Waals surface area contributed by atoms with Crippen molar-refractivity contribution >= 4 is 23.1 Å². The molecule has 0 aliphatic rings. The molecule has 0 unspecified atom stereocenters. The minimum Gasteiger partial charge on any atom is -0.457 e. The summed E-state index contributed by atoms with van der Waals surface area (Å²) >= 11 is 1.54. The molecule has 118 valence electrons. The first-order chi connectivity index (χ1) is 11.2. The zero-order chi connectivity index (χ0) is 16.1. The van der Waals surface area contributed by atoms with Crippen LogP contribution in [0.4, 0.5) is 0 Å². The second-order valence-corrected chi connectivity index (χ2v) is 5.47. The summed E-state index contributed by atoms with van der Waals surface area (Å²) in [6.45, 7) is -0.288. The number of rotatable bonds is 7. The zero-order valence-electron chi connectivity index (χ0n) is 12.0. The molecule has 3 heterocycles. The Morgan fingerprint density at radius 1 is 1.35 bits per heavy atom. The lowest BCUT2D eigenvalue weighted by molar-refractivity contribution is -0.142. The molecule has 0 fully saturated rings. The number of H-pyrrole nitrogens is 1. The average molecular weight is 331 g/mol. The molecular weight excluding hydrogens is 318 g/mol. The Bertz CT molecular complexity index is 778. The lowest BCUT2D eigenvalue weighted by Gasteiger charge is -2.01. The smallest absolute Gasteiger partial charge is 0.306 e. The van der Waals surface area contributed by atoms with Crippen LogP contribution in [0.25, 0.3) is 11.4 Å². The standard InChI is InChI=1S/C15H13N3O4S/c19-12(11-2-1-6-16-11)8-21-14(20)4-3-13-17-15(18-22-13)10-5-7-23-9-10/h1-2,5-7,9,16H,3-4,8H2. The van der Waals surface area contributed by atoms with Gasteiger partial charge in [0, 0.05) is 23.6 Å². The van der Waals surface area contributed by atoms with Gasteiger partial charge in [-0.1, -0.05) is 5.16 Å². The SMILES string of the molecule is O=C(CCc1nc(-c2ccsc2)no1)OCC(=O)c1ccc[nH]1. The van der Waals surface area contributed by atoms with Crippen molar-refractivity contribution in [3.8, 4) is 11.4 Å². The number of ketones is 1. The number of nitrogens with one attached hydrogen (secondary N) is 1. The van der Waals surface area contributed by atoms with Gasteiger partial charge in [0.2, 0.25) is 17.5 Å². The number of aromatic amines is 1. The highest BCUT2D eigenvalue weighted by Gasteiger charge is 2.13. The van der Waals surface area contributed by atoms with Crippen molar-refractivity contribution in [3.63, 3.8) is 0 Å². The van der Waals surface area contributed by atoms with E-state index in [4.69, 9.17) is 9.26 Å². The first-order valence-electron chi connectivity index (χ1n) is 6.90. The van der Waals surface area contributed by atoms with E-state index in [0.717, 1.165) is 5.56 Å². The van der Waals surface area contributed by atoms with Crippen LogP contribution in [0.15, 0.2) is 39.7 Å². The molecule has 0 radical (unpaired) electrons. The quantitative estimate of drug-likeness (QED) is 0.527. The van der Waals surface area contributed by atoms with Crippen LogP contribution in [0.1, 0.15) is 22.8 Å². The highest BCUT2D eigenvalue weighted by molar-refractivity contribution is 7.08. The van der Waals surface area contributed by atoms with E-state index in [2.05, 4.69) is 15.1 Å². The summed E-state index contributed by atoms with van der Waals surface area (Å²) in [5.41, 5.74) is 1.29. The lowest BCUT2D eigenvalue weighted by Crippen LogP contribution is -2.14. The summed E-state index contributed by atoms with van der Waals surface area (Å²) < 4.78 is 10.0. The van der Waals surface area contributed by atoms with Crippen molar-refractivity contribution in [2.75, 3.05) is 6.61 Å². The van der Waals surface area contributed by atoms with E-state index < -0.39 is 5.97 Å². The Hall–Kier alpha value is -2.74. The van der Waals surface area contributed by atoms with Crippen molar-refractivity contribution in [3.05, 3.63) is 46.7 Å². The van der Waals surface area contributed by atoms with Gasteiger partial charge in [-0.2, -0.15) is 16.3 Å². The van der Waals surface area contributed by atoms with Crippen LogP contribution in [-0.4, -0.2) is 33.5 Å². The molecule has 0 saturated heterocycles. The largest absolute Gasteiger partial charge is 0.457 e. The molecule has 7 nitrogen and oxygen atoms in total. The number of thiophene rings is 1. The van der Waals surface area contributed by atoms with Crippen LogP contribution in [0.2, 0.25) is 0 Å². The van der Waals surface area contributed by atoms with Crippen molar-refractivity contribution < 1.29 is 18.8 Å². The molecular formula is C15H13N3O4S. The molecule has 0 bridgehead atoms. The van der Waals surface area contributed by atoms with Crippen molar-refractivity contribution in [2.24, 2.45) is 0 Å². The second-order valence-electron chi connectivity index (χ2n) is 4.69. The summed E-state index contributed by atoms with van der Waals surface area (Å²) in [7, 11) is 0. The fourth-order valence-electron chi connectivity index (χ4n) is 1.87. The van der Waals surface area contributed by atoms with Gasteiger partial charge in [-0.15, -0.1) is 0 Å². The molecule has 3 rings (SSSR count). The van der Waals surface area contributed by atoms with Gasteiger partial charge < -0.3 is 14.2 Å². The number of nitrogens with zero attached hydrogens (tertiary/aromatic N) is 2. The number of esters is 1. The molecule has 0 saturated carbocycles. The number of hydrogen-bond donors (Lipinski definition) is 1. The zero-order valence-corrected chi connectivity index (χ0v) is 12.8. The number of ether oxygens (including phenoxy) is 1. The van der Waals surface area contributed by atoms with Crippen LogP contribution in [0, 0.1) is 0 Å². The maximum absolute atomic E-state index is 11.7. The van der Waals surface area contributed by atoms with Gasteiger partial charge in [-0.25, -0.2) is 0 Å². The molecule has 0 aliphatic carbocycles. The van der Waals surface area contributed by atoms with Gasteiger partial charge in [0.25, 0.3) is 0 Å². The number of aryl methyl sites for hydroxylation is 1. The lowest BCUT2D eigenvalue weighted by atomic mass is 10.3. The van der Waals surface area contributed by atoms with E-state index in [-0.39, 0.29) is 25.2 Å². The monoisotopic (exact) mass is 331 g/mol. The summed E-state index contributed by atoms with van der Waals surface area (Å²) in [4.78, 5) is 30.3. The third-order valence-corrected chi connectivity index (χ3v) is 3.74. The first kappa shape index (κ1) is 15.2. The fourth-order valence-corrected chi connectivity index (χ4v) is 2.51. The third-order valence-electron chi connectivity index (χ3n) is 3.05. The van der Waals surface area contributed by atoms with E-state index in [1.54, 1.807) is 18.3 Å². The second kappa shape index (κ2) is 7.01. The molecule has 0 spiro atoms. The van der Waals surface area contributed by atoms with Crippen molar-refractivity contribution in [2.45, 2.75) is 12.8 Å². The van der Waals surface area contributed by atoms with E-state index in [1.165, 1.54) is 11.3 Å². The van der Waals surface area contributed by atoms with Gasteiger partial charge in [0.05, 0.1) is 12.1 Å². The van der Waals surface area contributed by atoms with E-state index in [9.17, 15) is 9.59 Å². The Labute approximate surface area is 135 Å². The highest BCUT2D eigenvalue weighted by Crippen LogP contribution is 2.19. The number of Topliss-reactive ketones (excluding diaryl/α,β-unsaturated/α-hetero) is 1. The molecule has 0 aliphatic heterocycles. The van der Waals surface area contributed by atoms with Crippen LogP contribution >= 0.6 is 11.3 Å². The minimum absolute atomic E-state index is 0.0727. The number of carbonyl (C=O) groups is 2. The fraction of sp³-hybridized carbons (Fsp3) is 0.200. The number of hydrogen-bond acceptors (Lipinski definition) is 7. The normalized spacial score (nSPS) is 10.6. The molecule has 1 N–H and O–H groups in total. The average Bonchev–Trinajstić information content (AvgIpc) is 3.32. The topological polar surface area (TPSA) is 98.1 Å². The van der Waals surface area contributed by atoms with E-state index in [0.29, 0.717) is 17.4 Å². The van der Waals surface area contributed by atoms with Crippen LogP contribution in [0.3, 0.4) is 0 Å². The van der Waals surface area contributed by atoms with Crippen LogP contribution in [-0.2, 0) is 16.0 Å². The molecule has 0 aromatic carbocycles. The van der Waals surface area contributed by atoms with Crippen molar-refractivity contribution in [1.29, 1.82) is 0 Å². The Morgan fingerprint density at radius 3 is 3.00 bits per heavy atom. The molecule has 0 atom stereocenters. The molecule has 3 aromatic heterocycles. The minimum atomic E-state index is -0.486. The molecule has 23 heavy (non-hydrogen) atoms. The van der Waals surface area contributed by atoms with Crippen LogP contribution < -0.4 is 0 Å². The van der Waals surface area contributed by atoms with E-state index in [1.807, 2.05) is 16.8 Å². The van der Waals surface area contributed by atoms with Gasteiger partial charge >= 0.3 is 5.97 Å². The predicted molar refractivity (Wildman–Crippen MR) is 82.0 cm³/mol. The van der Waals surface area contributed by atoms with Crippen molar-refractivity contribution in [1.82, 2.24) is 15.1 Å². The predicted octanol–water partition coefficient (Wildman–Crippen LogP) is 2.48. The summed E-state index contributed by atoms with van der Waals surface area (Å²) in [5, 5.41) is 7.69. The van der Waals surface area contributed by atoms with Gasteiger partial charge in [-0.05, 0) is 23.6 Å².